The average molecular weight is 345 g/mol. The molecule has 8 heteroatoms. The number of amides is 1. The molecule has 0 bridgehead atoms. The summed E-state index contributed by atoms with van der Waals surface area (Å²) < 4.78 is 33.8. The van der Waals surface area contributed by atoms with Gasteiger partial charge in [0.2, 0.25) is 5.91 Å². The average Bonchev–Trinajstić information content (AvgIpc) is 2.99. The maximum atomic E-state index is 12.8. The Morgan fingerprint density at radius 3 is 2.61 bits per heavy atom. The molecule has 3 aliphatic rings. The van der Waals surface area contributed by atoms with Crippen molar-refractivity contribution in [1.82, 2.24) is 4.90 Å². The number of hydrogen-bond donors (Lipinski definition) is 0. The standard InChI is InChI=1S/C15H23NO6S/c1-21-15(18)13-7-12(13)14(17)16(8-11-3-2-5-22-11)10-4-6-23(19,20)9-10/h10-13H,2-9H2,1H3/t10-,11-,12-,13+/m0/s1. The van der Waals surface area contributed by atoms with E-state index >= 15 is 0 Å². The quantitative estimate of drug-likeness (QED) is 0.651. The first-order valence-electron chi connectivity index (χ1n) is 8.11. The Morgan fingerprint density at radius 2 is 2.04 bits per heavy atom. The second-order valence-corrected chi connectivity index (χ2v) is 8.88. The molecule has 4 atom stereocenters. The van der Waals surface area contributed by atoms with Crippen LogP contribution in [-0.4, -0.2) is 69.1 Å². The van der Waals surface area contributed by atoms with Crippen molar-refractivity contribution in [3.8, 4) is 0 Å². The van der Waals surface area contributed by atoms with Gasteiger partial charge in [0.15, 0.2) is 9.84 Å². The van der Waals surface area contributed by atoms with Gasteiger partial charge in [-0.2, -0.15) is 0 Å². The molecule has 0 aromatic rings. The zero-order valence-corrected chi connectivity index (χ0v) is 14.1. The molecule has 0 N–H and O–H groups in total. The Labute approximate surface area is 136 Å². The molecule has 23 heavy (non-hydrogen) atoms. The lowest BCUT2D eigenvalue weighted by Crippen LogP contribution is -2.46. The van der Waals surface area contributed by atoms with Crippen LogP contribution in [0.3, 0.4) is 0 Å². The van der Waals surface area contributed by atoms with Gasteiger partial charge in [-0.3, -0.25) is 9.59 Å². The molecule has 1 amide bonds. The highest BCUT2D eigenvalue weighted by molar-refractivity contribution is 7.91. The first kappa shape index (κ1) is 16.7. The highest BCUT2D eigenvalue weighted by atomic mass is 32.2. The highest BCUT2D eigenvalue weighted by Gasteiger charge is 2.52. The van der Waals surface area contributed by atoms with E-state index < -0.39 is 9.84 Å². The van der Waals surface area contributed by atoms with Crippen molar-refractivity contribution in [1.29, 1.82) is 0 Å². The summed E-state index contributed by atoms with van der Waals surface area (Å²) in [5.41, 5.74) is 0. The number of ether oxygens (including phenoxy) is 2. The third-order valence-electron chi connectivity index (χ3n) is 4.97. The molecule has 0 radical (unpaired) electrons. The van der Waals surface area contributed by atoms with Gasteiger partial charge in [-0.15, -0.1) is 0 Å². The van der Waals surface area contributed by atoms with E-state index in [1.165, 1.54) is 7.11 Å². The lowest BCUT2D eigenvalue weighted by molar-refractivity contribution is -0.145. The predicted molar refractivity (Wildman–Crippen MR) is 81.4 cm³/mol. The van der Waals surface area contributed by atoms with Crippen molar-refractivity contribution in [3.63, 3.8) is 0 Å². The number of sulfone groups is 1. The van der Waals surface area contributed by atoms with Crippen molar-refractivity contribution in [2.75, 3.05) is 31.8 Å². The van der Waals surface area contributed by atoms with E-state index in [1.807, 2.05) is 0 Å². The molecular formula is C15H23NO6S. The van der Waals surface area contributed by atoms with Gasteiger partial charge < -0.3 is 14.4 Å². The number of esters is 1. The summed E-state index contributed by atoms with van der Waals surface area (Å²) in [5.74, 6) is -1.10. The van der Waals surface area contributed by atoms with Crippen LogP contribution in [0, 0.1) is 11.8 Å². The van der Waals surface area contributed by atoms with Crippen LogP contribution in [0.25, 0.3) is 0 Å². The van der Waals surface area contributed by atoms with E-state index in [1.54, 1.807) is 4.90 Å². The van der Waals surface area contributed by atoms with Gasteiger partial charge in [0.25, 0.3) is 0 Å². The van der Waals surface area contributed by atoms with Gasteiger partial charge in [-0.1, -0.05) is 0 Å². The molecule has 0 aromatic carbocycles. The molecule has 3 rings (SSSR count). The lowest BCUT2D eigenvalue weighted by atomic mass is 10.1. The second kappa shape index (κ2) is 6.39. The van der Waals surface area contributed by atoms with Gasteiger partial charge in [-0.25, -0.2) is 8.42 Å². The maximum absolute atomic E-state index is 12.8. The Hall–Kier alpha value is -1.15. The normalized spacial score (nSPS) is 35.0. The lowest BCUT2D eigenvalue weighted by Gasteiger charge is -2.30. The summed E-state index contributed by atoms with van der Waals surface area (Å²) in [6.07, 6.45) is 2.78. The summed E-state index contributed by atoms with van der Waals surface area (Å²) >= 11 is 0. The molecule has 7 nitrogen and oxygen atoms in total. The van der Waals surface area contributed by atoms with Gasteiger partial charge >= 0.3 is 5.97 Å². The van der Waals surface area contributed by atoms with E-state index in [4.69, 9.17) is 9.47 Å². The van der Waals surface area contributed by atoms with Crippen LogP contribution in [0.2, 0.25) is 0 Å². The number of methoxy groups -OCH3 is 1. The van der Waals surface area contributed by atoms with Crippen molar-refractivity contribution in [2.45, 2.75) is 37.8 Å². The van der Waals surface area contributed by atoms with Crippen molar-refractivity contribution >= 4 is 21.7 Å². The fourth-order valence-electron chi connectivity index (χ4n) is 3.54. The first-order chi connectivity index (χ1) is 10.9. The molecule has 1 saturated carbocycles. The molecular weight excluding hydrogens is 322 g/mol. The monoisotopic (exact) mass is 345 g/mol. The number of hydrogen-bond acceptors (Lipinski definition) is 6. The minimum atomic E-state index is -3.07. The van der Waals surface area contributed by atoms with Crippen LogP contribution in [0.5, 0.6) is 0 Å². The van der Waals surface area contributed by atoms with Crippen LogP contribution >= 0.6 is 0 Å². The van der Waals surface area contributed by atoms with Crippen LogP contribution < -0.4 is 0 Å². The van der Waals surface area contributed by atoms with E-state index in [0.29, 0.717) is 26.0 Å². The van der Waals surface area contributed by atoms with E-state index in [0.717, 1.165) is 12.8 Å². The number of carbonyl (C=O) groups excluding carboxylic acids is 2. The molecule has 0 unspecified atom stereocenters. The van der Waals surface area contributed by atoms with Gasteiger partial charge in [0.05, 0.1) is 36.6 Å². The molecule has 130 valence electrons. The first-order valence-corrected chi connectivity index (χ1v) is 9.94. The molecule has 0 aromatic heterocycles. The third kappa shape index (κ3) is 3.68. The van der Waals surface area contributed by atoms with Crippen LogP contribution in [-0.2, 0) is 28.9 Å². The topological polar surface area (TPSA) is 90.0 Å². The number of carbonyl (C=O) groups is 2. The number of rotatable bonds is 5. The zero-order valence-electron chi connectivity index (χ0n) is 13.3. The summed E-state index contributed by atoms with van der Waals surface area (Å²) in [4.78, 5) is 26.0. The zero-order chi connectivity index (χ0) is 16.6. The summed E-state index contributed by atoms with van der Waals surface area (Å²) in [7, 11) is -1.76. The fourth-order valence-corrected chi connectivity index (χ4v) is 5.27. The minimum Gasteiger partial charge on any atom is -0.469 e. The molecule has 1 aliphatic carbocycles. The summed E-state index contributed by atoms with van der Waals surface area (Å²) in [5, 5.41) is 0. The van der Waals surface area contributed by atoms with Gasteiger partial charge in [0, 0.05) is 19.2 Å². The summed E-state index contributed by atoms with van der Waals surface area (Å²) in [6.45, 7) is 1.10. The Morgan fingerprint density at radius 1 is 1.26 bits per heavy atom. The highest BCUT2D eigenvalue weighted by Crippen LogP contribution is 2.41. The fraction of sp³-hybridized carbons (Fsp3) is 0.867. The van der Waals surface area contributed by atoms with Crippen LogP contribution in [0.1, 0.15) is 25.7 Å². The maximum Gasteiger partial charge on any atom is 0.309 e. The molecule has 2 heterocycles. The molecule has 3 fully saturated rings. The molecule has 0 spiro atoms. The Kier molecular flexibility index (Phi) is 4.64. The SMILES string of the molecule is COC(=O)[C@@H]1C[C@@H]1C(=O)N(C[C@@H]1CCCO1)[C@H]1CCS(=O)(=O)C1. The van der Waals surface area contributed by atoms with Crippen LogP contribution in [0.4, 0.5) is 0 Å². The van der Waals surface area contributed by atoms with Gasteiger partial charge in [-0.05, 0) is 25.7 Å². The van der Waals surface area contributed by atoms with Crippen molar-refractivity contribution in [3.05, 3.63) is 0 Å². The van der Waals surface area contributed by atoms with E-state index in [2.05, 4.69) is 0 Å². The second-order valence-electron chi connectivity index (χ2n) is 6.65. The smallest absolute Gasteiger partial charge is 0.309 e. The molecule has 2 aliphatic heterocycles. The van der Waals surface area contributed by atoms with Crippen molar-refractivity contribution < 1.29 is 27.5 Å². The summed E-state index contributed by atoms with van der Waals surface area (Å²) in [6, 6.07) is -0.296. The minimum absolute atomic E-state index is 0.0150. The molecule has 2 saturated heterocycles. The predicted octanol–water partition coefficient (Wildman–Crippen LogP) is -0.00980. The van der Waals surface area contributed by atoms with E-state index in [9.17, 15) is 18.0 Å². The van der Waals surface area contributed by atoms with E-state index in [-0.39, 0.29) is 47.4 Å². The number of nitrogens with zero attached hydrogens (tertiary/aromatic N) is 1. The Balaban J connectivity index is 1.70. The Bertz CT molecular complexity index is 583. The van der Waals surface area contributed by atoms with Gasteiger partial charge in [0.1, 0.15) is 0 Å². The van der Waals surface area contributed by atoms with Crippen molar-refractivity contribution in [2.24, 2.45) is 11.8 Å². The van der Waals surface area contributed by atoms with Crippen LogP contribution in [0.15, 0.2) is 0 Å². The largest absolute Gasteiger partial charge is 0.469 e. The third-order valence-corrected chi connectivity index (χ3v) is 6.72.